The molecule has 0 aromatic heterocycles. The molecule has 0 radical (unpaired) electrons. The molecule has 0 saturated heterocycles. The monoisotopic (exact) mass is 186 g/mol. The van der Waals surface area contributed by atoms with Gasteiger partial charge in [-0.15, -0.1) is 0 Å². The smallest absolute Gasteiger partial charge is 1.00 e. The molecule has 0 aliphatic carbocycles. The molecule has 6 heteroatoms. The Hall–Kier alpha value is 1.69. The van der Waals surface area contributed by atoms with E-state index >= 15 is 0 Å². The molecule has 6 heavy (non-hydrogen) atoms. The molecule has 0 spiro atoms. The van der Waals surface area contributed by atoms with E-state index in [4.69, 9.17) is 13.0 Å². The second kappa shape index (κ2) is 9.85. The molecule has 0 unspecified atom stereocenters. The van der Waals surface area contributed by atoms with Crippen molar-refractivity contribution in [2.24, 2.45) is 0 Å². The van der Waals surface area contributed by atoms with Gasteiger partial charge in [0.15, 0.2) is 0 Å². The zero-order chi connectivity index (χ0) is 3.58. The molecule has 0 fully saturated rings. The van der Waals surface area contributed by atoms with Crippen LogP contribution in [-0.2, 0) is 36.5 Å². The van der Waals surface area contributed by atoms with E-state index in [2.05, 4.69) is 0 Å². The Bertz CT molecular complexity index is 65.7. The van der Waals surface area contributed by atoms with Crippen molar-refractivity contribution in [2.45, 2.75) is 0 Å². The largest absolute Gasteiger partial charge is 2.00 e. The van der Waals surface area contributed by atoms with E-state index < -0.39 is 11.0 Å². The molecule has 0 saturated carbocycles. The maximum atomic E-state index is 8.56. The van der Waals surface area contributed by atoms with Crippen LogP contribution in [0.1, 0.15) is 2.85 Å². The first-order chi connectivity index (χ1) is 1.73. The first-order valence-corrected chi connectivity index (χ1v) is 1.55. The summed E-state index contributed by atoms with van der Waals surface area (Å²) < 4.78 is 24.1. The van der Waals surface area contributed by atoms with Gasteiger partial charge >= 0.3 is 54.8 Å². The minimum Gasteiger partial charge on any atom is -1.00 e. The summed E-state index contributed by atoms with van der Waals surface area (Å²) in [6.07, 6.45) is 0. The molecule has 0 amide bonds. The van der Waals surface area contributed by atoms with Gasteiger partial charge in [-0.2, -0.15) is 0 Å². The molecule has 40 valence electrons. The number of hydrogen-bond acceptors (Lipinski definition) is 3. The summed E-state index contributed by atoms with van der Waals surface area (Å²) in [4.78, 5) is 0. The minimum absolute atomic E-state index is 0. The summed E-state index contributed by atoms with van der Waals surface area (Å²) in [5.41, 5.74) is 0. The van der Waals surface area contributed by atoms with Crippen molar-refractivity contribution in [3.63, 3.8) is 0 Å². The van der Waals surface area contributed by atoms with Gasteiger partial charge in [-0.05, 0) is 0 Å². The fourth-order valence-electron chi connectivity index (χ4n) is 0. The molecule has 0 aliphatic heterocycles. The summed E-state index contributed by atoms with van der Waals surface area (Å²) in [7, 11) is -2.86. The first-order valence-electron chi connectivity index (χ1n) is 0.516. The van der Waals surface area contributed by atoms with Crippen LogP contribution in [0.3, 0.4) is 0 Å². The van der Waals surface area contributed by atoms with Crippen molar-refractivity contribution in [1.29, 1.82) is 0 Å². The predicted octanol–water partition coefficient (Wildman–Crippen LogP) is -0.390. The summed E-state index contributed by atoms with van der Waals surface area (Å²) in [6.45, 7) is 0. The van der Waals surface area contributed by atoms with Crippen LogP contribution in [-0.4, -0.2) is 42.3 Å². The Morgan fingerprint density at radius 2 is 1.50 bits per heavy atom. The molecule has 0 bridgehead atoms. The molecule has 0 atom stereocenters. The van der Waals surface area contributed by atoms with Crippen molar-refractivity contribution in [1.82, 2.24) is 0 Å². The van der Waals surface area contributed by atoms with Crippen LogP contribution in [0.15, 0.2) is 0 Å². The van der Waals surface area contributed by atoms with Gasteiger partial charge in [0.1, 0.15) is 0 Å². The quantitative estimate of drug-likeness (QED) is 0.243. The van der Waals surface area contributed by atoms with Gasteiger partial charge in [0.25, 0.3) is 0 Å². The zero-order valence-corrected chi connectivity index (χ0v) is 6.65. The third-order valence-corrected chi connectivity index (χ3v) is 0. The maximum Gasteiger partial charge on any atom is 2.00 e. The molecule has 1 N–H and O–H groups in total. The van der Waals surface area contributed by atoms with E-state index in [1.54, 1.807) is 0 Å². The molecule has 3 nitrogen and oxygen atoms in total. The summed E-state index contributed by atoms with van der Waals surface area (Å²) in [6, 6.07) is 0. The normalized spacial score (nSPS) is 5.67. The Kier molecular flexibility index (Phi) is 25.7. The van der Waals surface area contributed by atoms with Crippen molar-refractivity contribution in [2.75, 3.05) is 0 Å². The van der Waals surface area contributed by atoms with Gasteiger partial charge in [-0.1, -0.05) is 0 Å². The van der Waals surface area contributed by atoms with Crippen LogP contribution >= 0.6 is 0 Å². The van der Waals surface area contributed by atoms with Gasteiger partial charge in [0.05, 0.1) is 0 Å². The van der Waals surface area contributed by atoms with E-state index in [-0.39, 0.29) is 57.7 Å². The molecule has 0 rings (SSSR count). The minimum atomic E-state index is -2.86. The second-order valence-electron chi connectivity index (χ2n) is 0.217. The molecule has 0 aromatic carbocycles. The van der Waals surface area contributed by atoms with E-state index in [1.165, 1.54) is 0 Å². The fourth-order valence-corrected chi connectivity index (χ4v) is 0. The van der Waals surface area contributed by atoms with Crippen molar-refractivity contribution >= 4 is 48.7 Å². The molecule has 0 aromatic rings. The average molecular weight is 187 g/mol. The summed E-state index contributed by atoms with van der Waals surface area (Å²) in [5.74, 6) is 0. The predicted molar refractivity (Wildman–Crippen MR) is 19.3 cm³/mol. The van der Waals surface area contributed by atoms with Crippen LogP contribution in [0, 0.1) is 0 Å². The van der Waals surface area contributed by atoms with Crippen LogP contribution in [0.5, 0.6) is 0 Å². The van der Waals surface area contributed by atoms with Gasteiger partial charge in [0, 0.05) is 11.0 Å². The van der Waals surface area contributed by atoms with Crippen molar-refractivity contribution < 1.29 is 32.9 Å². The van der Waals surface area contributed by atoms with Gasteiger partial charge in [0.2, 0.25) is 0 Å². The van der Waals surface area contributed by atoms with E-state index in [9.17, 15) is 0 Å². The van der Waals surface area contributed by atoms with Crippen molar-refractivity contribution in [3.05, 3.63) is 0 Å². The zero-order valence-electron chi connectivity index (χ0n) is 4.68. The molecular formula is H3CaCuO3S. The Balaban J connectivity index is -0.00000000750. The summed E-state index contributed by atoms with van der Waals surface area (Å²) >= 11 is 0. The standard InChI is InChI=1S/Ca.Cu.HO3S.2H/c;;1-4(2)3;;/h;;(H,1,2,3);;/q+2;+1;3*-1. The maximum absolute atomic E-state index is 8.56. The van der Waals surface area contributed by atoms with Crippen LogP contribution in [0.2, 0.25) is 0 Å². The number of hydrogen-bond donors (Lipinski definition) is 1. The first kappa shape index (κ1) is 15.6. The SMILES string of the molecule is O=[S-](=O)O.[Ca+2].[Cu+].[H-].[H-]. The molecular weight excluding hydrogens is 184 g/mol. The fraction of sp³-hybridized carbons (Fsp3) is 0. The van der Waals surface area contributed by atoms with Crippen molar-refractivity contribution in [3.8, 4) is 0 Å². The van der Waals surface area contributed by atoms with E-state index in [1.807, 2.05) is 0 Å². The molecule has 0 heterocycles. The van der Waals surface area contributed by atoms with Gasteiger partial charge < -0.3 is 15.8 Å². The second-order valence-corrected chi connectivity index (χ2v) is 0.651. The Morgan fingerprint density at radius 3 is 1.50 bits per heavy atom. The van der Waals surface area contributed by atoms with Crippen LogP contribution in [0.4, 0.5) is 0 Å². The van der Waals surface area contributed by atoms with E-state index in [0.717, 1.165) is 0 Å². The third-order valence-electron chi connectivity index (χ3n) is 0. The Morgan fingerprint density at radius 1 is 1.50 bits per heavy atom. The number of rotatable bonds is 0. The molecule has 0 aliphatic rings. The average Bonchev–Trinajstić information content (AvgIpc) is 0.811. The third kappa shape index (κ3) is 43.8. The van der Waals surface area contributed by atoms with E-state index in [0.29, 0.717) is 0 Å². The van der Waals surface area contributed by atoms with Gasteiger partial charge in [-0.3, -0.25) is 0 Å². The topological polar surface area (TPSA) is 54.4 Å². The van der Waals surface area contributed by atoms with Crippen LogP contribution < -0.4 is 0 Å². The van der Waals surface area contributed by atoms with Gasteiger partial charge in [-0.25, -0.2) is 0 Å². The van der Waals surface area contributed by atoms with Crippen LogP contribution in [0.25, 0.3) is 0 Å². The Labute approximate surface area is 80.7 Å². The summed E-state index contributed by atoms with van der Waals surface area (Å²) in [5, 5.41) is 0.